The third-order valence-corrected chi connectivity index (χ3v) is 7.65. The number of allylic oxidation sites excluding steroid dienone is 1. The van der Waals surface area contributed by atoms with E-state index in [1.165, 1.54) is 11.1 Å². The van der Waals surface area contributed by atoms with Gasteiger partial charge >= 0.3 is 6.43 Å². The van der Waals surface area contributed by atoms with Crippen LogP contribution in [0.1, 0.15) is 59.8 Å². The Balaban J connectivity index is 1.42. The number of amides is 2. The Bertz CT molecular complexity index is 1420. The van der Waals surface area contributed by atoms with E-state index in [2.05, 4.69) is 15.2 Å². The maximum atomic E-state index is 13.5. The van der Waals surface area contributed by atoms with E-state index in [1.54, 1.807) is 26.0 Å². The van der Waals surface area contributed by atoms with Crippen molar-refractivity contribution in [3.05, 3.63) is 70.9 Å². The number of rotatable bonds is 5. The Morgan fingerprint density at radius 3 is 2.56 bits per heavy atom. The Labute approximate surface area is 207 Å². The van der Waals surface area contributed by atoms with Crippen LogP contribution in [0, 0.1) is 0 Å². The van der Waals surface area contributed by atoms with Gasteiger partial charge in [0.15, 0.2) is 0 Å². The van der Waals surface area contributed by atoms with Gasteiger partial charge in [0.1, 0.15) is 0 Å². The molecule has 2 aliphatic heterocycles. The number of imide groups is 1. The van der Waals surface area contributed by atoms with Gasteiger partial charge in [-0.25, -0.2) is 0 Å². The lowest BCUT2D eigenvalue weighted by Gasteiger charge is -2.37. The quantitative estimate of drug-likeness (QED) is 0.475. The third-order valence-electron chi connectivity index (χ3n) is 6.45. The molecule has 0 aliphatic carbocycles. The van der Waals surface area contributed by atoms with Crippen molar-refractivity contribution in [1.29, 1.82) is 0 Å². The van der Waals surface area contributed by atoms with Crippen molar-refractivity contribution in [2.24, 2.45) is 0 Å². The second kappa shape index (κ2) is 9.12. The molecule has 2 aromatic heterocycles. The van der Waals surface area contributed by atoms with Crippen LogP contribution < -0.4 is 0 Å². The van der Waals surface area contributed by atoms with Crippen molar-refractivity contribution >= 4 is 28.2 Å². The molecule has 5 rings (SSSR count). The van der Waals surface area contributed by atoms with Gasteiger partial charge in [0.25, 0.3) is 11.8 Å². The highest BCUT2D eigenvalue weighted by atomic mass is 32.2. The number of pyridine rings is 1. The number of hydrogen-bond acceptors (Lipinski definition) is 7. The molecule has 1 aromatic carbocycles. The molecule has 2 aliphatic rings. The van der Waals surface area contributed by atoms with Crippen LogP contribution in [-0.2, 0) is 27.6 Å². The summed E-state index contributed by atoms with van der Waals surface area (Å²) in [4.78, 5) is 32.3. The lowest BCUT2D eigenvalue weighted by molar-refractivity contribution is -0.134. The molecule has 8 nitrogen and oxygen atoms in total. The Hall–Kier alpha value is -3.60. The predicted molar refractivity (Wildman–Crippen MR) is 127 cm³/mol. The van der Waals surface area contributed by atoms with Crippen LogP contribution in [0.3, 0.4) is 0 Å². The minimum atomic E-state index is -2.88. The Kier molecular flexibility index (Phi) is 6.11. The number of carbonyl (C=O) groups excluding carboxylic acids is 2. The van der Waals surface area contributed by atoms with E-state index in [9.17, 15) is 22.6 Å². The highest BCUT2D eigenvalue weighted by Gasteiger charge is 2.44. The minimum Gasteiger partial charge on any atom is -0.415 e. The highest BCUT2D eigenvalue weighted by Crippen LogP contribution is 2.37. The van der Waals surface area contributed by atoms with Crippen LogP contribution in [0.15, 0.2) is 47.0 Å². The van der Waals surface area contributed by atoms with Gasteiger partial charge in [-0.2, -0.15) is 8.78 Å². The van der Waals surface area contributed by atoms with Gasteiger partial charge in [-0.15, -0.1) is 10.2 Å². The number of fused-ring (bicyclic) bond motifs is 1. The van der Waals surface area contributed by atoms with Gasteiger partial charge in [0, 0.05) is 34.1 Å². The summed E-state index contributed by atoms with van der Waals surface area (Å²) in [7, 11) is -0.854. The van der Waals surface area contributed by atoms with E-state index in [1.807, 2.05) is 24.3 Å². The zero-order valence-electron chi connectivity index (χ0n) is 19.5. The van der Waals surface area contributed by atoms with Crippen LogP contribution >= 0.6 is 0 Å². The smallest absolute Gasteiger partial charge is 0.314 e. The Morgan fingerprint density at radius 2 is 1.92 bits per heavy atom. The highest BCUT2D eigenvalue weighted by molar-refractivity contribution is 7.85. The fourth-order valence-corrected chi connectivity index (χ4v) is 5.41. The molecular weight excluding hydrogens is 490 g/mol. The largest absolute Gasteiger partial charge is 0.415 e. The van der Waals surface area contributed by atoms with Crippen molar-refractivity contribution in [3.63, 3.8) is 0 Å². The normalized spacial score (nSPS) is 19.4. The molecule has 0 spiro atoms. The number of benzene rings is 1. The molecule has 36 heavy (non-hydrogen) atoms. The third kappa shape index (κ3) is 4.27. The van der Waals surface area contributed by atoms with E-state index in [-0.39, 0.29) is 18.3 Å². The zero-order valence-corrected chi connectivity index (χ0v) is 20.3. The lowest BCUT2D eigenvalue weighted by Crippen LogP contribution is -2.51. The van der Waals surface area contributed by atoms with E-state index in [0.717, 1.165) is 11.1 Å². The van der Waals surface area contributed by atoms with Gasteiger partial charge in [0.05, 0.1) is 23.2 Å². The molecular formula is C25H22F2N4O4S. The maximum absolute atomic E-state index is 13.5. The lowest BCUT2D eigenvalue weighted by atomic mass is 9.76. The molecule has 4 heterocycles. The average Bonchev–Trinajstić information content (AvgIpc) is 3.37. The number of alkyl halides is 2. The summed E-state index contributed by atoms with van der Waals surface area (Å²) in [6.45, 7) is 3.50. The molecule has 0 radical (unpaired) electrons. The van der Waals surface area contributed by atoms with Crippen molar-refractivity contribution in [1.82, 2.24) is 20.1 Å². The minimum absolute atomic E-state index is 0.0567. The fourth-order valence-electron chi connectivity index (χ4n) is 4.41. The second-order valence-corrected chi connectivity index (χ2v) is 10.8. The van der Waals surface area contributed by atoms with Crippen LogP contribution in [0.2, 0.25) is 0 Å². The van der Waals surface area contributed by atoms with E-state index < -0.39 is 34.4 Å². The van der Waals surface area contributed by atoms with E-state index in [4.69, 9.17) is 4.42 Å². The van der Waals surface area contributed by atoms with Crippen molar-refractivity contribution in [3.8, 4) is 11.5 Å². The molecule has 0 N–H and O–H groups in total. The number of hydrogen-bond donors (Lipinski definition) is 0. The summed E-state index contributed by atoms with van der Waals surface area (Å²) in [6, 6.07) is 8.68. The molecule has 0 saturated heterocycles. The van der Waals surface area contributed by atoms with Crippen molar-refractivity contribution in [2.45, 2.75) is 38.7 Å². The first kappa shape index (κ1) is 24.1. The topological polar surface area (TPSA) is 106 Å². The average molecular weight is 513 g/mol. The SMILES string of the molecule is CC1(C)C(=O)N(Cc2ccc(-c3nnc(C(F)F)o3)cn2)C(=O)c2cc(C3=CCS(=O)CC3)ccc21. The van der Waals surface area contributed by atoms with Crippen LogP contribution in [0.4, 0.5) is 8.78 Å². The summed E-state index contributed by atoms with van der Waals surface area (Å²) in [5, 5.41) is 6.89. The van der Waals surface area contributed by atoms with Crippen molar-refractivity contribution in [2.75, 3.05) is 11.5 Å². The number of halogens is 2. The molecule has 3 aromatic rings. The number of aromatic nitrogens is 3. The summed E-state index contributed by atoms with van der Waals surface area (Å²) in [6.07, 6.45) is 1.11. The van der Waals surface area contributed by atoms with Crippen LogP contribution in [0.5, 0.6) is 0 Å². The molecule has 0 saturated carbocycles. The van der Waals surface area contributed by atoms with E-state index >= 15 is 0 Å². The predicted octanol–water partition coefficient (Wildman–Crippen LogP) is 4.07. The number of nitrogens with zero attached hydrogens (tertiary/aromatic N) is 4. The van der Waals surface area contributed by atoms with Gasteiger partial charge in [-0.05, 0) is 55.2 Å². The summed E-state index contributed by atoms with van der Waals surface area (Å²) < 4.78 is 42.1. The molecule has 1 unspecified atom stereocenters. The van der Waals surface area contributed by atoms with E-state index in [0.29, 0.717) is 40.3 Å². The molecule has 11 heteroatoms. The van der Waals surface area contributed by atoms with Crippen molar-refractivity contribution < 1.29 is 27.0 Å². The summed E-state index contributed by atoms with van der Waals surface area (Å²) in [5.41, 5.74) is 2.88. The molecule has 2 amide bonds. The molecule has 0 bridgehead atoms. The van der Waals surface area contributed by atoms with Crippen LogP contribution in [-0.4, -0.2) is 47.6 Å². The van der Waals surface area contributed by atoms with Gasteiger partial charge in [-0.3, -0.25) is 23.7 Å². The molecule has 186 valence electrons. The fraction of sp³-hybridized carbons (Fsp3) is 0.320. The summed E-state index contributed by atoms with van der Waals surface area (Å²) >= 11 is 0. The first-order valence-electron chi connectivity index (χ1n) is 11.3. The van der Waals surface area contributed by atoms with Gasteiger partial charge < -0.3 is 4.42 Å². The van der Waals surface area contributed by atoms with Gasteiger partial charge in [0.2, 0.25) is 11.8 Å². The first-order valence-corrected chi connectivity index (χ1v) is 12.8. The zero-order chi connectivity index (χ0) is 25.6. The monoisotopic (exact) mass is 512 g/mol. The Morgan fingerprint density at radius 1 is 1.14 bits per heavy atom. The first-order chi connectivity index (χ1) is 17.1. The van der Waals surface area contributed by atoms with Crippen LogP contribution in [0.25, 0.3) is 17.0 Å². The second-order valence-electron chi connectivity index (χ2n) is 9.16. The summed E-state index contributed by atoms with van der Waals surface area (Å²) in [5.74, 6) is -0.564. The number of carbonyl (C=O) groups is 2. The molecule has 1 atom stereocenters. The standard InChI is InChI=1S/C25H22F2N4O4S/c1-25(2)19-6-4-15(14-7-9-36(34)10-8-14)11-18(19)23(32)31(24(25)33)13-17-5-3-16(12-28-17)21-29-30-22(35-21)20(26)27/h3-7,11-12,20H,8-10,13H2,1-2H3. The molecule has 0 fully saturated rings. The maximum Gasteiger partial charge on any atom is 0.314 e. The van der Waals surface area contributed by atoms with Gasteiger partial charge in [-0.1, -0.05) is 18.2 Å².